The number of nitrogens with two attached hydrogens (primary N) is 1. The summed E-state index contributed by atoms with van der Waals surface area (Å²) in [5.41, 5.74) is 5.21. The van der Waals surface area contributed by atoms with E-state index in [2.05, 4.69) is 15.9 Å². The summed E-state index contributed by atoms with van der Waals surface area (Å²) in [6.45, 7) is 0.0812. The van der Waals surface area contributed by atoms with Gasteiger partial charge in [0.25, 0.3) is 0 Å². The SMILES string of the molecule is NC(=O)CN(C(=O)CCCCBr)C1CCCC1. The minimum Gasteiger partial charge on any atom is -0.368 e. The molecule has 0 radical (unpaired) electrons. The molecule has 0 aromatic heterocycles. The fourth-order valence-corrected chi connectivity index (χ4v) is 2.72. The van der Waals surface area contributed by atoms with Gasteiger partial charge in [-0.25, -0.2) is 0 Å². The van der Waals surface area contributed by atoms with Gasteiger partial charge in [0.15, 0.2) is 0 Å². The summed E-state index contributed by atoms with van der Waals surface area (Å²) < 4.78 is 0. The second kappa shape index (κ2) is 7.69. The number of carbonyl (C=O) groups excluding carboxylic acids is 2. The minimum absolute atomic E-state index is 0.0802. The van der Waals surface area contributed by atoms with E-state index in [0.717, 1.165) is 43.9 Å². The molecule has 0 saturated heterocycles. The summed E-state index contributed by atoms with van der Waals surface area (Å²) in [5.74, 6) is -0.331. The van der Waals surface area contributed by atoms with Crippen molar-refractivity contribution in [3.05, 3.63) is 0 Å². The molecule has 17 heavy (non-hydrogen) atoms. The van der Waals surface area contributed by atoms with Gasteiger partial charge in [-0.15, -0.1) is 0 Å². The fourth-order valence-electron chi connectivity index (χ4n) is 2.32. The number of hydrogen-bond donors (Lipinski definition) is 1. The van der Waals surface area contributed by atoms with Gasteiger partial charge in [0.05, 0.1) is 6.54 Å². The van der Waals surface area contributed by atoms with Crippen LogP contribution in [-0.4, -0.2) is 34.6 Å². The molecule has 2 N–H and O–H groups in total. The zero-order valence-corrected chi connectivity index (χ0v) is 11.7. The molecular formula is C12H21BrN2O2. The second-order valence-electron chi connectivity index (χ2n) is 4.57. The van der Waals surface area contributed by atoms with Crippen LogP contribution < -0.4 is 5.73 Å². The standard InChI is InChI=1S/C12H21BrN2O2/c13-8-4-3-7-12(17)15(9-11(14)16)10-5-1-2-6-10/h10H,1-9H2,(H2,14,16). The van der Waals surface area contributed by atoms with Crippen molar-refractivity contribution in [2.75, 3.05) is 11.9 Å². The maximum Gasteiger partial charge on any atom is 0.237 e. The number of amides is 2. The molecule has 1 fully saturated rings. The fraction of sp³-hybridized carbons (Fsp3) is 0.833. The van der Waals surface area contributed by atoms with Crippen molar-refractivity contribution in [3.63, 3.8) is 0 Å². The number of primary amides is 1. The van der Waals surface area contributed by atoms with Gasteiger partial charge < -0.3 is 10.6 Å². The van der Waals surface area contributed by atoms with Crippen molar-refractivity contribution in [1.29, 1.82) is 0 Å². The Hall–Kier alpha value is -0.580. The van der Waals surface area contributed by atoms with Crippen molar-refractivity contribution in [2.24, 2.45) is 5.73 Å². The third-order valence-electron chi connectivity index (χ3n) is 3.19. The van der Waals surface area contributed by atoms with E-state index in [1.807, 2.05) is 0 Å². The van der Waals surface area contributed by atoms with Crippen LogP contribution in [0.15, 0.2) is 0 Å². The highest BCUT2D eigenvalue weighted by Gasteiger charge is 2.27. The Bertz CT molecular complexity index is 265. The Morgan fingerprint density at radius 1 is 1.24 bits per heavy atom. The van der Waals surface area contributed by atoms with Crippen LogP contribution in [0.4, 0.5) is 0 Å². The normalized spacial score (nSPS) is 16.1. The van der Waals surface area contributed by atoms with Gasteiger partial charge in [0.1, 0.15) is 0 Å². The van der Waals surface area contributed by atoms with Gasteiger partial charge in [-0.05, 0) is 25.7 Å². The highest BCUT2D eigenvalue weighted by molar-refractivity contribution is 9.09. The molecule has 1 rings (SSSR count). The molecular weight excluding hydrogens is 284 g/mol. The molecule has 98 valence electrons. The maximum absolute atomic E-state index is 12.0. The molecule has 2 amide bonds. The second-order valence-corrected chi connectivity index (χ2v) is 5.37. The first-order valence-electron chi connectivity index (χ1n) is 6.29. The Morgan fingerprint density at radius 3 is 2.41 bits per heavy atom. The minimum atomic E-state index is -0.411. The van der Waals surface area contributed by atoms with Crippen LogP contribution in [0, 0.1) is 0 Å². The smallest absolute Gasteiger partial charge is 0.237 e. The summed E-state index contributed by atoms with van der Waals surface area (Å²) in [7, 11) is 0. The van der Waals surface area contributed by atoms with E-state index in [1.54, 1.807) is 4.90 Å². The summed E-state index contributed by atoms with van der Waals surface area (Å²) >= 11 is 3.34. The molecule has 0 atom stereocenters. The van der Waals surface area contributed by atoms with E-state index in [-0.39, 0.29) is 18.5 Å². The van der Waals surface area contributed by atoms with E-state index in [9.17, 15) is 9.59 Å². The topological polar surface area (TPSA) is 63.4 Å². The maximum atomic E-state index is 12.0. The van der Waals surface area contributed by atoms with E-state index in [1.165, 1.54) is 0 Å². The lowest BCUT2D eigenvalue weighted by atomic mass is 10.1. The number of alkyl halides is 1. The molecule has 4 nitrogen and oxygen atoms in total. The van der Waals surface area contributed by atoms with Crippen molar-refractivity contribution in [2.45, 2.75) is 51.0 Å². The number of unbranched alkanes of at least 4 members (excludes halogenated alkanes) is 1. The largest absolute Gasteiger partial charge is 0.368 e. The molecule has 0 unspecified atom stereocenters. The van der Waals surface area contributed by atoms with Gasteiger partial charge in [0, 0.05) is 17.8 Å². The molecule has 0 aromatic rings. The lowest BCUT2D eigenvalue weighted by Gasteiger charge is -2.27. The number of nitrogens with zero attached hydrogens (tertiary/aromatic N) is 1. The van der Waals surface area contributed by atoms with E-state index in [0.29, 0.717) is 6.42 Å². The lowest BCUT2D eigenvalue weighted by molar-refractivity contribution is -0.137. The van der Waals surface area contributed by atoms with Gasteiger partial charge in [0.2, 0.25) is 11.8 Å². The highest BCUT2D eigenvalue weighted by atomic mass is 79.9. The van der Waals surface area contributed by atoms with Crippen LogP contribution >= 0.6 is 15.9 Å². The van der Waals surface area contributed by atoms with Crippen molar-refractivity contribution in [3.8, 4) is 0 Å². The highest BCUT2D eigenvalue weighted by Crippen LogP contribution is 2.24. The van der Waals surface area contributed by atoms with Crippen LogP contribution in [0.3, 0.4) is 0 Å². The molecule has 1 saturated carbocycles. The third kappa shape index (κ3) is 5.06. The average Bonchev–Trinajstić information content (AvgIpc) is 2.79. The predicted molar refractivity (Wildman–Crippen MR) is 70.8 cm³/mol. The Balaban J connectivity index is 2.48. The van der Waals surface area contributed by atoms with Crippen molar-refractivity contribution in [1.82, 2.24) is 4.90 Å². The van der Waals surface area contributed by atoms with Crippen LogP contribution in [0.2, 0.25) is 0 Å². The molecule has 0 heterocycles. The van der Waals surface area contributed by atoms with Gasteiger partial charge in [-0.1, -0.05) is 28.8 Å². The number of rotatable bonds is 7. The zero-order chi connectivity index (χ0) is 12.7. The van der Waals surface area contributed by atoms with Crippen LogP contribution in [0.1, 0.15) is 44.9 Å². The molecule has 0 spiro atoms. The zero-order valence-electron chi connectivity index (χ0n) is 10.2. The molecule has 1 aliphatic rings. The average molecular weight is 305 g/mol. The van der Waals surface area contributed by atoms with Gasteiger partial charge in [-0.3, -0.25) is 9.59 Å². The molecule has 0 aliphatic heterocycles. The number of carbonyl (C=O) groups is 2. The van der Waals surface area contributed by atoms with Crippen LogP contribution in [0.5, 0.6) is 0 Å². The first-order chi connectivity index (χ1) is 8.15. The molecule has 0 aromatic carbocycles. The Kier molecular flexibility index (Phi) is 6.55. The van der Waals surface area contributed by atoms with Gasteiger partial charge >= 0.3 is 0 Å². The first kappa shape index (κ1) is 14.5. The number of hydrogen-bond acceptors (Lipinski definition) is 2. The molecule has 5 heteroatoms. The van der Waals surface area contributed by atoms with E-state index in [4.69, 9.17) is 5.73 Å². The van der Waals surface area contributed by atoms with E-state index >= 15 is 0 Å². The summed E-state index contributed by atoms with van der Waals surface area (Å²) in [6, 6.07) is 0.235. The predicted octanol–water partition coefficient (Wildman–Crippen LogP) is 1.81. The monoisotopic (exact) mass is 304 g/mol. The molecule has 0 bridgehead atoms. The first-order valence-corrected chi connectivity index (χ1v) is 7.41. The van der Waals surface area contributed by atoms with Gasteiger partial charge in [-0.2, -0.15) is 0 Å². The summed E-state index contributed by atoms with van der Waals surface area (Å²) in [5, 5.41) is 0.916. The Morgan fingerprint density at radius 2 is 1.88 bits per heavy atom. The van der Waals surface area contributed by atoms with Crippen molar-refractivity contribution < 1.29 is 9.59 Å². The van der Waals surface area contributed by atoms with Crippen LogP contribution in [-0.2, 0) is 9.59 Å². The van der Waals surface area contributed by atoms with Crippen molar-refractivity contribution >= 4 is 27.7 Å². The van der Waals surface area contributed by atoms with E-state index < -0.39 is 5.91 Å². The van der Waals surface area contributed by atoms with Crippen LogP contribution in [0.25, 0.3) is 0 Å². The lowest BCUT2D eigenvalue weighted by Crippen LogP contribution is -2.44. The third-order valence-corrected chi connectivity index (χ3v) is 3.75. The summed E-state index contributed by atoms with van der Waals surface area (Å²) in [4.78, 5) is 24.8. The summed E-state index contributed by atoms with van der Waals surface area (Å²) in [6.07, 6.45) is 6.69. The number of halogens is 1. The Labute approximate surface area is 111 Å². The quantitative estimate of drug-likeness (QED) is 0.576. The molecule has 1 aliphatic carbocycles.